The van der Waals surface area contributed by atoms with Crippen LogP contribution >= 0.6 is 0 Å². The van der Waals surface area contributed by atoms with Crippen LogP contribution in [0.4, 0.5) is 0 Å². The van der Waals surface area contributed by atoms with E-state index in [-0.39, 0.29) is 25.7 Å². The molecule has 0 aromatic heterocycles. The van der Waals surface area contributed by atoms with E-state index in [4.69, 9.17) is 28.4 Å². The van der Waals surface area contributed by atoms with Crippen LogP contribution in [0, 0.1) is 0 Å². The maximum absolute atomic E-state index is 12.3. The van der Waals surface area contributed by atoms with Crippen molar-refractivity contribution in [3.8, 4) is 0 Å². The number of carbonyl (C=O) groups excluding carboxylic acids is 3. The van der Waals surface area contributed by atoms with Crippen LogP contribution < -0.4 is 0 Å². The van der Waals surface area contributed by atoms with E-state index in [9.17, 15) is 14.4 Å². The van der Waals surface area contributed by atoms with E-state index in [0.29, 0.717) is 59.0 Å². The van der Waals surface area contributed by atoms with E-state index in [1.165, 1.54) is 37.9 Å². The molecule has 0 saturated heterocycles. The second kappa shape index (κ2) is 18.4. The fraction of sp³-hybridized carbons (Fsp3) is 0.525. The Morgan fingerprint density at radius 2 is 1.08 bits per heavy atom. The molecule has 272 valence electrons. The van der Waals surface area contributed by atoms with Crippen LogP contribution in [0.3, 0.4) is 0 Å². The first-order valence-corrected chi connectivity index (χ1v) is 17.5. The Morgan fingerprint density at radius 3 is 1.66 bits per heavy atom. The van der Waals surface area contributed by atoms with Gasteiger partial charge in [-0.15, -0.1) is 0 Å². The summed E-state index contributed by atoms with van der Waals surface area (Å²) in [6.07, 6.45) is 1.87. The van der Waals surface area contributed by atoms with E-state index >= 15 is 0 Å². The highest BCUT2D eigenvalue weighted by molar-refractivity contribution is 6.23. The lowest BCUT2D eigenvalue weighted by atomic mass is 9.90. The Morgan fingerprint density at radius 1 is 0.580 bits per heavy atom. The molecule has 0 unspecified atom stereocenters. The molecule has 0 N–H and O–H groups in total. The van der Waals surface area contributed by atoms with Gasteiger partial charge in [-0.1, -0.05) is 54.6 Å². The van der Waals surface area contributed by atoms with Gasteiger partial charge in [0.15, 0.2) is 0 Å². The van der Waals surface area contributed by atoms with Gasteiger partial charge in [-0.3, -0.25) is 19.3 Å². The molecule has 10 heteroatoms. The number of esters is 3. The van der Waals surface area contributed by atoms with Gasteiger partial charge in [0.2, 0.25) is 0 Å². The fourth-order valence-electron chi connectivity index (χ4n) is 5.79. The minimum absolute atomic E-state index is 0.0501. The smallest absolute Gasteiger partial charge is 0.320 e. The third-order valence-corrected chi connectivity index (χ3v) is 7.78. The zero-order valence-electron chi connectivity index (χ0n) is 30.5. The Labute approximate surface area is 295 Å². The van der Waals surface area contributed by atoms with Gasteiger partial charge in [0.05, 0.1) is 52.7 Å². The van der Waals surface area contributed by atoms with Crippen molar-refractivity contribution in [3.63, 3.8) is 0 Å². The molecule has 0 bridgehead atoms. The summed E-state index contributed by atoms with van der Waals surface area (Å²) in [6.45, 7) is 13.3. The van der Waals surface area contributed by atoms with Gasteiger partial charge >= 0.3 is 17.9 Å². The molecule has 0 aliphatic heterocycles. The van der Waals surface area contributed by atoms with Crippen molar-refractivity contribution in [2.75, 3.05) is 65.9 Å². The van der Waals surface area contributed by atoms with Crippen LogP contribution in [0.25, 0.3) is 32.3 Å². The molecule has 4 aromatic carbocycles. The van der Waals surface area contributed by atoms with Crippen molar-refractivity contribution >= 4 is 50.2 Å². The highest BCUT2D eigenvalue weighted by Crippen LogP contribution is 2.36. The van der Waals surface area contributed by atoms with Crippen molar-refractivity contribution in [3.05, 3.63) is 60.2 Å². The topological polar surface area (TPSA) is 110 Å². The standard InChI is InChI=1S/C40H53NO9/c1-39(2,3)49-35(43)27-41(28-36(44)50-40(4,5)6)19-20-45-21-22-46-23-24-47-25-26-48-34(42)12-8-9-29-13-14-32-16-15-30-10-7-11-31-17-18-33(29)38(32)37(30)31/h7,10-11,13-18H,8-9,12,19-28H2,1-6H3. The average Bonchev–Trinajstić information content (AvgIpc) is 3.02. The van der Waals surface area contributed by atoms with E-state index in [2.05, 4.69) is 54.6 Å². The van der Waals surface area contributed by atoms with Crippen molar-refractivity contribution < 1.29 is 42.8 Å². The highest BCUT2D eigenvalue weighted by atomic mass is 16.6. The number of carbonyl (C=O) groups is 3. The maximum Gasteiger partial charge on any atom is 0.320 e. The largest absolute Gasteiger partial charge is 0.463 e. The minimum atomic E-state index is -0.620. The minimum Gasteiger partial charge on any atom is -0.463 e. The monoisotopic (exact) mass is 691 g/mol. The SMILES string of the molecule is CC(C)(C)OC(=O)CN(CCOCCOCCOCCOC(=O)CCCc1ccc2ccc3cccc4ccc1c2c34)CC(=O)OC(C)(C)C. The predicted molar refractivity (Wildman–Crippen MR) is 195 cm³/mol. The van der Waals surface area contributed by atoms with Gasteiger partial charge in [-0.2, -0.15) is 0 Å². The van der Waals surface area contributed by atoms with Crippen LogP contribution in [-0.2, 0) is 49.2 Å². The van der Waals surface area contributed by atoms with Crippen molar-refractivity contribution in [1.29, 1.82) is 0 Å². The van der Waals surface area contributed by atoms with Crippen LogP contribution in [-0.4, -0.2) is 99.9 Å². The van der Waals surface area contributed by atoms with Crippen LogP contribution in [0.15, 0.2) is 54.6 Å². The number of benzene rings is 4. The number of nitrogens with zero attached hydrogens (tertiary/aromatic N) is 1. The molecular formula is C40H53NO9. The Hall–Kier alpha value is -3.83. The first-order valence-electron chi connectivity index (χ1n) is 17.5. The van der Waals surface area contributed by atoms with Crippen LogP contribution in [0.5, 0.6) is 0 Å². The first kappa shape index (κ1) is 39.0. The molecule has 10 nitrogen and oxygen atoms in total. The second-order valence-corrected chi connectivity index (χ2v) is 14.4. The van der Waals surface area contributed by atoms with E-state index in [1.807, 2.05) is 0 Å². The lowest BCUT2D eigenvalue weighted by Crippen LogP contribution is -2.41. The van der Waals surface area contributed by atoms with Gasteiger partial charge < -0.3 is 28.4 Å². The maximum atomic E-state index is 12.3. The molecule has 0 heterocycles. The number of aryl methyl sites for hydroxylation is 1. The van der Waals surface area contributed by atoms with E-state index < -0.39 is 23.1 Å². The fourth-order valence-corrected chi connectivity index (χ4v) is 5.79. The van der Waals surface area contributed by atoms with E-state index in [0.717, 1.165) is 6.42 Å². The number of hydrogen-bond acceptors (Lipinski definition) is 10. The summed E-state index contributed by atoms with van der Waals surface area (Å²) in [5, 5.41) is 7.58. The summed E-state index contributed by atoms with van der Waals surface area (Å²) in [5.74, 6) is -1.07. The first-order chi connectivity index (χ1) is 23.8. The number of ether oxygens (including phenoxy) is 6. The molecule has 0 atom stereocenters. The molecule has 0 spiro atoms. The summed E-state index contributed by atoms with van der Waals surface area (Å²) < 4.78 is 32.9. The summed E-state index contributed by atoms with van der Waals surface area (Å²) in [5.41, 5.74) is 0.00676. The molecule has 0 saturated carbocycles. The third kappa shape index (κ3) is 12.8. The van der Waals surface area contributed by atoms with Crippen LogP contribution in [0.2, 0.25) is 0 Å². The zero-order valence-corrected chi connectivity index (χ0v) is 30.5. The summed E-state index contributed by atoms with van der Waals surface area (Å²) in [6, 6.07) is 19.5. The average molecular weight is 692 g/mol. The normalized spacial score (nSPS) is 12.3. The lowest BCUT2D eigenvalue weighted by Gasteiger charge is -2.26. The van der Waals surface area contributed by atoms with Crippen LogP contribution in [0.1, 0.15) is 59.9 Å². The van der Waals surface area contributed by atoms with Crippen molar-refractivity contribution in [2.45, 2.75) is 72.0 Å². The number of hydrogen-bond donors (Lipinski definition) is 0. The summed E-state index contributed by atoms with van der Waals surface area (Å²) in [7, 11) is 0. The molecule has 4 aromatic rings. The molecule has 0 amide bonds. The van der Waals surface area contributed by atoms with Gasteiger partial charge in [0.25, 0.3) is 0 Å². The lowest BCUT2D eigenvalue weighted by molar-refractivity contribution is -0.160. The molecule has 4 rings (SSSR count). The molecule has 0 fully saturated rings. The highest BCUT2D eigenvalue weighted by Gasteiger charge is 2.23. The Kier molecular flexibility index (Phi) is 14.4. The second-order valence-electron chi connectivity index (χ2n) is 14.4. The predicted octanol–water partition coefficient (Wildman–Crippen LogP) is 6.49. The Bertz CT molecular complexity index is 1640. The Balaban J connectivity index is 1.03. The van der Waals surface area contributed by atoms with Crippen molar-refractivity contribution in [2.24, 2.45) is 0 Å². The molecule has 50 heavy (non-hydrogen) atoms. The number of rotatable bonds is 20. The van der Waals surface area contributed by atoms with Gasteiger partial charge in [-0.05, 0) is 92.3 Å². The summed E-state index contributed by atoms with van der Waals surface area (Å²) >= 11 is 0. The molecule has 0 radical (unpaired) electrons. The summed E-state index contributed by atoms with van der Waals surface area (Å²) in [4.78, 5) is 38.6. The van der Waals surface area contributed by atoms with E-state index in [1.54, 1.807) is 46.4 Å². The zero-order chi connectivity index (χ0) is 36.1. The molecule has 0 aliphatic carbocycles. The third-order valence-electron chi connectivity index (χ3n) is 7.78. The van der Waals surface area contributed by atoms with Gasteiger partial charge in [0, 0.05) is 13.0 Å². The molecular weight excluding hydrogens is 638 g/mol. The van der Waals surface area contributed by atoms with Gasteiger partial charge in [0.1, 0.15) is 17.8 Å². The molecule has 0 aliphatic rings. The quantitative estimate of drug-likeness (QED) is 0.0442. The van der Waals surface area contributed by atoms with Gasteiger partial charge in [-0.25, -0.2) is 0 Å². The van der Waals surface area contributed by atoms with Crippen molar-refractivity contribution in [1.82, 2.24) is 4.90 Å².